The molecule has 1 aromatic heterocycles. The minimum absolute atomic E-state index is 0.0951. The van der Waals surface area contributed by atoms with Gasteiger partial charge in [-0.25, -0.2) is 5.43 Å². The predicted octanol–water partition coefficient (Wildman–Crippen LogP) is 2.75. The van der Waals surface area contributed by atoms with Crippen LogP contribution in [0.25, 0.3) is 0 Å². The van der Waals surface area contributed by atoms with E-state index in [9.17, 15) is 9.90 Å². The highest BCUT2D eigenvalue weighted by atomic mass is 127. The highest BCUT2D eigenvalue weighted by Crippen LogP contribution is 2.25. The molecule has 2 aromatic rings. The molecule has 0 radical (unpaired) electrons. The zero-order chi connectivity index (χ0) is 15.6. The van der Waals surface area contributed by atoms with E-state index in [1.54, 1.807) is 13.1 Å². The smallest absolute Gasteiger partial charge is 0.293 e. The third-order valence-electron chi connectivity index (χ3n) is 2.43. The van der Waals surface area contributed by atoms with Crippen LogP contribution in [0.3, 0.4) is 0 Å². The second kappa shape index (κ2) is 6.92. The number of hydrogen-bond acceptors (Lipinski definition) is 4. The van der Waals surface area contributed by atoms with Crippen molar-refractivity contribution >= 4 is 68.9 Å². The molecule has 0 saturated heterocycles. The second-order valence-corrected chi connectivity index (χ2v) is 6.84. The number of phenolic OH excluding ortho intramolecular Hbond substituents is 1. The summed E-state index contributed by atoms with van der Waals surface area (Å²) in [5.41, 5.74) is 2.93. The maximum atomic E-state index is 11.8. The van der Waals surface area contributed by atoms with Gasteiger partial charge in [-0.15, -0.1) is 0 Å². The number of hydrazone groups is 1. The van der Waals surface area contributed by atoms with E-state index in [2.05, 4.69) is 38.2 Å². The number of amides is 1. The number of rotatable bonds is 3. The monoisotopic (exact) mass is 530 g/mol. The van der Waals surface area contributed by atoms with Crippen LogP contribution >= 0.6 is 56.8 Å². The lowest BCUT2D eigenvalue weighted by Crippen LogP contribution is -2.18. The lowest BCUT2D eigenvalue weighted by Gasteiger charge is -2.03. The summed E-state index contributed by atoms with van der Waals surface area (Å²) in [5.74, 6) is -0.401. The molecule has 2 rings (SSSR count). The Balaban J connectivity index is 2.13. The van der Waals surface area contributed by atoms with Crippen molar-refractivity contribution in [2.45, 2.75) is 0 Å². The number of aromatic nitrogens is 2. The molecule has 110 valence electrons. The minimum Gasteiger partial charge on any atom is -0.506 e. The van der Waals surface area contributed by atoms with Crippen LogP contribution in [0.5, 0.6) is 5.75 Å². The van der Waals surface area contributed by atoms with Crippen molar-refractivity contribution in [1.29, 1.82) is 0 Å². The van der Waals surface area contributed by atoms with E-state index in [-0.39, 0.29) is 16.5 Å². The van der Waals surface area contributed by atoms with E-state index in [4.69, 9.17) is 11.6 Å². The predicted molar refractivity (Wildman–Crippen MR) is 96.8 cm³/mol. The van der Waals surface area contributed by atoms with E-state index >= 15 is 0 Å². The molecule has 0 atom stereocenters. The molecule has 0 aliphatic rings. The van der Waals surface area contributed by atoms with Gasteiger partial charge in [-0.3, -0.25) is 9.48 Å². The van der Waals surface area contributed by atoms with Crippen LogP contribution in [-0.2, 0) is 7.05 Å². The molecule has 0 aliphatic carbocycles. The van der Waals surface area contributed by atoms with Crippen molar-refractivity contribution < 1.29 is 9.90 Å². The topological polar surface area (TPSA) is 79.5 Å². The van der Waals surface area contributed by atoms with Crippen LogP contribution in [0.2, 0.25) is 5.02 Å². The van der Waals surface area contributed by atoms with Crippen LogP contribution in [0.4, 0.5) is 0 Å². The average molecular weight is 530 g/mol. The first kappa shape index (κ1) is 16.5. The Morgan fingerprint density at radius 1 is 1.52 bits per heavy atom. The molecule has 0 unspecified atom stereocenters. The first-order chi connectivity index (χ1) is 9.88. The summed E-state index contributed by atoms with van der Waals surface area (Å²) in [6.45, 7) is 0. The molecular formula is C12H9ClI2N4O2. The zero-order valence-electron chi connectivity index (χ0n) is 10.6. The SMILES string of the molecule is Cn1cc(Cl)c(C(=O)NN=Cc2cc(I)cc(I)c2O)n1. The Hall–Kier alpha value is -0.880. The van der Waals surface area contributed by atoms with Crippen molar-refractivity contribution in [2.75, 3.05) is 0 Å². The fraction of sp³-hybridized carbons (Fsp3) is 0.0833. The van der Waals surface area contributed by atoms with Crippen molar-refractivity contribution in [3.05, 3.63) is 41.7 Å². The van der Waals surface area contributed by atoms with Gasteiger partial charge in [0.25, 0.3) is 5.91 Å². The van der Waals surface area contributed by atoms with E-state index < -0.39 is 5.91 Å². The fourth-order valence-electron chi connectivity index (χ4n) is 1.51. The molecule has 6 nitrogen and oxygen atoms in total. The lowest BCUT2D eigenvalue weighted by atomic mass is 10.2. The van der Waals surface area contributed by atoms with Gasteiger partial charge in [0.2, 0.25) is 0 Å². The minimum atomic E-state index is -0.517. The number of hydrogen-bond donors (Lipinski definition) is 2. The summed E-state index contributed by atoms with van der Waals surface area (Å²) in [5, 5.41) is 17.9. The first-order valence-corrected chi connectivity index (χ1v) is 8.12. The van der Waals surface area contributed by atoms with E-state index in [1.165, 1.54) is 17.1 Å². The van der Waals surface area contributed by atoms with Crippen molar-refractivity contribution in [2.24, 2.45) is 12.1 Å². The van der Waals surface area contributed by atoms with Crippen molar-refractivity contribution in [3.63, 3.8) is 0 Å². The summed E-state index contributed by atoms with van der Waals surface area (Å²) in [6, 6.07) is 3.58. The second-order valence-electron chi connectivity index (χ2n) is 4.02. The molecule has 21 heavy (non-hydrogen) atoms. The summed E-state index contributed by atoms with van der Waals surface area (Å²) in [7, 11) is 1.66. The molecule has 1 heterocycles. The van der Waals surface area contributed by atoms with Crippen LogP contribution in [0, 0.1) is 7.14 Å². The van der Waals surface area contributed by atoms with Gasteiger partial charge in [-0.05, 0) is 57.3 Å². The Bertz CT molecular complexity index is 730. The average Bonchev–Trinajstić information content (AvgIpc) is 2.74. The standard InChI is InChI=1S/C12H9ClI2N4O2/c1-19-5-8(13)10(18-19)12(21)17-16-4-6-2-7(14)3-9(15)11(6)20/h2-5,20H,1H3,(H,17,21). The number of carbonyl (C=O) groups is 1. The molecule has 0 saturated carbocycles. The number of phenols is 1. The van der Waals surface area contributed by atoms with Crippen molar-refractivity contribution in [3.8, 4) is 5.75 Å². The molecule has 2 N–H and O–H groups in total. The molecule has 9 heteroatoms. The van der Waals surface area contributed by atoms with E-state index in [0.29, 0.717) is 9.13 Å². The third kappa shape index (κ3) is 4.07. The summed E-state index contributed by atoms with van der Waals surface area (Å²) >= 11 is 10.0. The van der Waals surface area contributed by atoms with Gasteiger partial charge in [-0.1, -0.05) is 11.6 Å². The van der Waals surface area contributed by atoms with E-state index in [0.717, 1.165) is 3.57 Å². The first-order valence-electron chi connectivity index (χ1n) is 5.59. The molecule has 0 fully saturated rings. The van der Waals surface area contributed by atoms with Crippen LogP contribution in [0.1, 0.15) is 16.1 Å². The number of aryl methyl sites for hydroxylation is 1. The molecule has 0 spiro atoms. The van der Waals surface area contributed by atoms with Crippen molar-refractivity contribution in [1.82, 2.24) is 15.2 Å². The molecule has 0 bridgehead atoms. The largest absolute Gasteiger partial charge is 0.506 e. The van der Waals surface area contributed by atoms with Gasteiger partial charge in [0.05, 0.1) is 14.8 Å². The normalized spacial score (nSPS) is 11.0. The number of benzene rings is 1. The third-order valence-corrected chi connectivity index (χ3v) is 4.15. The van der Waals surface area contributed by atoms with Crippen LogP contribution < -0.4 is 5.43 Å². The highest BCUT2D eigenvalue weighted by molar-refractivity contribution is 14.1. The zero-order valence-corrected chi connectivity index (χ0v) is 15.7. The number of nitrogens with zero attached hydrogens (tertiary/aromatic N) is 3. The maximum absolute atomic E-state index is 11.8. The van der Waals surface area contributed by atoms with Gasteiger partial charge < -0.3 is 5.11 Å². The number of halogens is 3. The Morgan fingerprint density at radius 2 is 2.24 bits per heavy atom. The summed E-state index contributed by atoms with van der Waals surface area (Å²) in [6.07, 6.45) is 2.89. The highest BCUT2D eigenvalue weighted by Gasteiger charge is 2.13. The van der Waals surface area contributed by atoms with Gasteiger partial charge in [0, 0.05) is 22.4 Å². The Kier molecular flexibility index (Phi) is 5.43. The summed E-state index contributed by atoms with van der Waals surface area (Å²) < 4.78 is 3.10. The number of nitrogens with one attached hydrogen (secondary N) is 1. The van der Waals surface area contributed by atoms with Gasteiger partial charge in [0.15, 0.2) is 5.69 Å². The lowest BCUT2D eigenvalue weighted by molar-refractivity contribution is 0.0949. The summed E-state index contributed by atoms with van der Waals surface area (Å²) in [4.78, 5) is 11.8. The van der Waals surface area contributed by atoms with Gasteiger partial charge in [-0.2, -0.15) is 10.2 Å². The maximum Gasteiger partial charge on any atom is 0.293 e. The molecule has 1 aromatic carbocycles. The number of aromatic hydroxyl groups is 1. The van der Waals surface area contributed by atoms with Crippen LogP contribution in [0.15, 0.2) is 23.4 Å². The number of carbonyl (C=O) groups excluding carboxylic acids is 1. The molecule has 1 amide bonds. The fourth-order valence-corrected chi connectivity index (χ4v) is 3.67. The molecular weight excluding hydrogens is 521 g/mol. The quantitative estimate of drug-likeness (QED) is 0.364. The Labute approximate surface area is 152 Å². The molecule has 0 aliphatic heterocycles. The van der Waals surface area contributed by atoms with E-state index in [1.807, 2.05) is 28.7 Å². The van der Waals surface area contributed by atoms with Crippen LogP contribution in [-0.4, -0.2) is 27.0 Å². The van der Waals surface area contributed by atoms with Gasteiger partial charge in [0.1, 0.15) is 5.75 Å². The van der Waals surface area contributed by atoms with Gasteiger partial charge >= 0.3 is 0 Å². The Morgan fingerprint density at radius 3 is 2.86 bits per heavy atom.